The molecular formula is C19H14FN3O4. The first kappa shape index (κ1) is 16.8. The molecule has 0 radical (unpaired) electrons. The zero-order chi connectivity index (χ0) is 19.0. The number of ether oxygens (including phenoxy) is 2. The largest absolute Gasteiger partial charge is 0.454 e. The molecule has 1 aliphatic rings. The van der Waals surface area contributed by atoms with Gasteiger partial charge in [-0.25, -0.2) is 4.39 Å². The van der Waals surface area contributed by atoms with Gasteiger partial charge in [-0.2, -0.15) is 0 Å². The van der Waals surface area contributed by atoms with Gasteiger partial charge in [-0.1, -0.05) is 0 Å². The fourth-order valence-corrected chi connectivity index (χ4v) is 2.76. The van der Waals surface area contributed by atoms with Crippen molar-refractivity contribution in [2.45, 2.75) is 6.92 Å². The predicted molar refractivity (Wildman–Crippen MR) is 93.9 cm³/mol. The summed E-state index contributed by atoms with van der Waals surface area (Å²) in [6.45, 7) is 1.74. The lowest BCUT2D eigenvalue weighted by atomic mass is 10.1. The first-order chi connectivity index (χ1) is 13.0. The number of rotatable bonds is 2. The summed E-state index contributed by atoms with van der Waals surface area (Å²) in [4.78, 5) is 28.9. The number of benzene rings is 2. The fraction of sp³-hybridized carbons (Fsp3) is 0.105. The van der Waals surface area contributed by atoms with Crippen molar-refractivity contribution in [3.8, 4) is 11.5 Å². The standard InChI is InChI=1S/C19H14FN3O4/c1-10-14(6-11-2-4-13(20)8-15(11)21-10)19(25)23-22-18(24)12-3-5-16-17(7-12)27-9-26-16/h2-8H,9H2,1H3,(H,22,24)(H,23,25). The number of amides is 2. The normalized spacial score (nSPS) is 12.1. The smallest absolute Gasteiger partial charge is 0.271 e. The molecule has 1 aromatic heterocycles. The van der Waals surface area contributed by atoms with E-state index in [0.717, 1.165) is 0 Å². The zero-order valence-electron chi connectivity index (χ0n) is 14.2. The van der Waals surface area contributed by atoms with Crippen LogP contribution in [0.15, 0.2) is 42.5 Å². The minimum atomic E-state index is -0.527. The van der Waals surface area contributed by atoms with Crippen molar-refractivity contribution in [3.63, 3.8) is 0 Å². The highest BCUT2D eigenvalue weighted by Gasteiger charge is 2.17. The maximum atomic E-state index is 13.3. The van der Waals surface area contributed by atoms with Crippen molar-refractivity contribution in [1.29, 1.82) is 0 Å². The first-order valence-electron chi connectivity index (χ1n) is 8.08. The lowest BCUT2D eigenvalue weighted by Crippen LogP contribution is -2.41. The van der Waals surface area contributed by atoms with E-state index in [0.29, 0.717) is 33.7 Å². The van der Waals surface area contributed by atoms with Crippen molar-refractivity contribution in [1.82, 2.24) is 15.8 Å². The molecule has 136 valence electrons. The molecule has 2 N–H and O–H groups in total. The number of hydrazine groups is 1. The molecule has 8 heteroatoms. The van der Waals surface area contributed by atoms with Crippen LogP contribution < -0.4 is 20.3 Å². The molecule has 1 aliphatic heterocycles. The van der Waals surface area contributed by atoms with Crippen LogP contribution in [0, 0.1) is 12.7 Å². The van der Waals surface area contributed by atoms with Crippen molar-refractivity contribution in [2.75, 3.05) is 6.79 Å². The van der Waals surface area contributed by atoms with Gasteiger partial charge in [0.2, 0.25) is 6.79 Å². The minimum Gasteiger partial charge on any atom is -0.454 e. The molecule has 2 heterocycles. The monoisotopic (exact) mass is 367 g/mol. The Balaban J connectivity index is 1.49. The third kappa shape index (κ3) is 3.24. The molecule has 0 aliphatic carbocycles. The van der Waals surface area contributed by atoms with Crippen LogP contribution in [-0.2, 0) is 0 Å². The van der Waals surface area contributed by atoms with E-state index < -0.39 is 17.6 Å². The van der Waals surface area contributed by atoms with Gasteiger partial charge in [-0.3, -0.25) is 25.4 Å². The average Bonchev–Trinajstić information content (AvgIpc) is 3.13. The van der Waals surface area contributed by atoms with Gasteiger partial charge < -0.3 is 9.47 Å². The van der Waals surface area contributed by atoms with Gasteiger partial charge in [0.05, 0.1) is 16.8 Å². The van der Waals surface area contributed by atoms with Crippen LogP contribution in [0.25, 0.3) is 10.9 Å². The van der Waals surface area contributed by atoms with Crippen molar-refractivity contribution in [3.05, 3.63) is 65.1 Å². The SMILES string of the molecule is Cc1nc2cc(F)ccc2cc1C(=O)NNC(=O)c1ccc2c(c1)OCO2. The Labute approximate surface area is 153 Å². The van der Waals surface area contributed by atoms with Gasteiger partial charge in [0.15, 0.2) is 11.5 Å². The molecule has 27 heavy (non-hydrogen) atoms. The zero-order valence-corrected chi connectivity index (χ0v) is 14.2. The summed E-state index contributed by atoms with van der Waals surface area (Å²) in [6, 6.07) is 10.4. The molecule has 0 saturated carbocycles. The molecule has 0 spiro atoms. The predicted octanol–water partition coefficient (Wildman–Crippen LogP) is 2.49. The van der Waals surface area contributed by atoms with E-state index in [9.17, 15) is 14.0 Å². The lowest BCUT2D eigenvalue weighted by Gasteiger charge is -2.10. The second-order valence-electron chi connectivity index (χ2n) is 5.93. The Hall–Kier alpha value is -3.68. The Morgan fingerprint density at radius 1 is 1.00 bits per heavy atom. The molecular weight excluding hydrogens is 353 g/mol. The van der Waals surface area contributed by atoms with Gasteiger partial charge in [-0.15, -0.1) is 0 Å². The van der Waals surface area contributed by atoms with E-state index in [1.54, 1.807) is 31.2 Å². The molecule has 0 fully saturated rings. The van der Waals surface area contributed by atoms with Gasteiger partial charge in [0.1, 0.15) is 5.82 Å². The van der Waals surface area contributed by atoms with Gasteiger partial charge in [-0.05, 0) is 43.3 Å². The summed E-state index contributed by atoms with van der Waals surface area (Å²) >= 11 is 0. The molecule has 0 atom stereocenters. The van der Waals surface area contributed by atoms with Crippen LogP contribution >= 0.6 is 0 Å². The summed E-state index contributed by atoms with van der Waals surface area (Å²) in [6.07, 6.45) is 0. The Bertz CT molecular complexity index is 1080. The first-order valence-corrected chi connectivity index (χ1v) is 8.08. The second-order valence-corrected chi connectivity index (χ2v) is 5.93. The topological polar surface area (TPSA) is 89.6 Å². The average molecular weight is 367 g/mol. The number of pyridine rings is 1. The van der Waals surface area contributed by atoms with Gasteiger partial charge >= 0.3 is 0 Å². The molecule has 4 rings (SSSR count). The minimum absolute atomic E-state index is 0.106. The van der Waals surface area contributed by atoms with Crippen LogP contribution in [0.3, 0.4) is 0 Å². The number of nitrogens with zero attached hydrogens (tertiary/aromatic N) is 1. The molecule has 3 aromatic rings. The highest BCUT2D eigenvalue weighted by Crippen LogP contribution is 2.32. The number of hydrogen-bond donors (Lipinski definition) is 2. The molecule has 0 bridgehead atoms. The van der Waals surface area contributed by atoms with Crippen molar-refractivity contribution in [2.24, 2.45) is 0 Å². The van der Waals surface area contributed by atoms with E-state index in [-0.39, 0.29) is 12.4 Å². The maximum Gasteiger partial charge on any atom is 0.271 e. The number of aryl methyl sites for hydroxylation is 1. The van der Waals surface area contributed by atoms with Crippen LogP contribution in [0.5, 0.6) is 11.5 Å². The van der Waals surface area contributed by atoms with Gasteiger partial charge in [0, 0.05) is 17.0 Å². The van der Waals surface area contributed by atoms with E-state index in [4.69, 9.17) is 9.47 Å². The summed E-state index contributed by atoms with van der Waals surface area (Å²) in [7, 11) is 0. The third-order valence-electron chi connectivity index (χ3n) is 4.14. The second kappa shape index (κ2) is 6.56. The van der Waals surface area contributed by atoms with E-state index >= 15 is 0 Å². The van der Waals surface area contributed by atoms with Crippen LogP contribution in [0.2, 0.25) is 0 Å². The fourth-order valence-electron chi connectivity index (χ4n) is 2.76. The Morgan fingerprint density at radius 3 is 2.63 bits per heavy atom. The maximum absolute atomic E-state index is 13.3. The van der Waals surface area contributed by atoms with Crippen LogP contribution in [-0.4, -0.2) is 23.6 Å². The number of carbonyl (C=O) groups excluding carboxylic acids is 2. The summed E-state index contributed by atoms with van der Waals surface area (Å²) in [5.74, 6) is -0.404. The number of hydrogen-bond acceptors (Lipinski definition) is 5. The summed E-state index contributed by atoms with van der Waals surface area (Å²) in [5, 5.41) is 0.620. The number of nitrogens with one attached hydrogen (secondary N) is 2. The Morgan fingerprint density at radius 2 is 1.78 bits per heavy atom. The van der Waals surface area contributed by atoms with E-state index in [1.165, 1.54) is 18.2 Å². The molecule has 7 nitrogen and oxygen atoms in total. The molecule has 0 unspecified atom stereocenters. The molecule has 2 amide bonds. The highest BCUT2D eigenvalue weighted by molar-refractivity contribution is 6.01. The lowest BCUT2D eigenvalue weighted by molar-refractivity contribution is 0.0846. The van der Waals surface area contributed by atoms with Crippen LogP contribution in [0.1, 0.15) is 26.4 Å². The quantitative estimate of drug-likeness (QED) is 0.680. The van der Waals surface area contributed by atoms with E-state index in [1.807, 2.05) is 0 Å². The summed E-state index contributed by atoms with van der Waals surface area (Å²) in [5.41, 5.74) is 6.17. The van der Waals surface area contributed by atoms with Crippen LogP contribution in [0.4, 0.5) is 4.39 Å². The highest BCUT2D eigenvalue weighted by atomic mass is 19.1. The summed E-state index contributed by atoms with van der Waals surface area (Å²) < 4.78 is 23.7. The number of halogens is 1. The molecule has 2 aromatic carbocycles. The number of aromatic nitrogens is 1. The van der Waals surface area contributed by atoms with Gasteiger partial charge in [0.25, 0.3) is 11.8 Å². The third-order valence-corrected chi connectivity index (χ3v) is 4.14. The Kier molecular flexibility index (Phi) is 4.08. The molecule has 0 saturated heterocycles. The number of carbonyl (C=O) groups is 2. The van der Waals surface area contributed by atoms with E-state index in [2.05, 4.69) is 15.8 Å². The number of fused-ring (bicyclic) bond motifs is 2. The van der Waals surface area contributed by atoms with Crippen molar-refractivity contribution >= 4 is 22.7 Å². The van der Waals surface area contributed by atoms with Crippen molar-refractivity contribution < 1.29 is 23.5 Å².